The summed E-state index contributed by atoms with van der Waals surface area (Å²) < 4.78 is 6.02. The molecular formula is C14H28N4O. The Morgan fingerprint density at radius 3 is 2.63 bits per heavy atom. The second-order valence-electron chi connectivity index (χ2n) is 6.16. The highest BCUT2D eigenvalue weighted by atomic mass is 16.5. The summed E-state index contributed by atoms with van der Waals surface area (Å²) >= 11 is 0. The quantitative estimate of drug-likeness (QED) is 0.739. The van der Waals surface area contributed by atoms with Crippen LogP contribution in [-0.2, 0) is 4.74 Å². The van der Waals surface area contributed by atoms with Gasteiger partial charge in [-0.15, -0.1) is 0 Å². The molecule has 0 aromatic rings. The van der Waals surface area contributed by atoms with Gasteiger partial charge in [0.05, 0.1) is 6.61 Å². The number of nitrogens with one attached hydrogen (secondary N) is 1. The Kier molecular flexibility index (Phi) is 4.71. The van der Waals surface area contributed by atoms with Crippen molar-refractivity contribution in [1.82, 2.24) is 20.0 Å². The van der Waals surface area contributed by atoms with Gasteiger partial charge in [0.2, 0.25) is 0 Å². The number of hydrogen-bond donors (Lipinski definition) is 1. The minimum absolute atomic E-state index is 0.323. The second kappa shape index (κ2) is 6.50. The number of ether oxygens (including phenoxy) is 1. The third kappa shape index (κ3) is 3.47. The van der Waals surface area contributed by atoms with E-state index in [-0.39, 0.29) is 0 Å². The highest BCUT2D eigenvalue weighted by molar-refractivity contribution is 4.84. The van der Waals surface area contributed by atoms with Crippen molar-refractivity contribution in [2.24, 2.45) is 0 Å². The van der Waals surface area contributed by atoms with Gasteiger partial charge in [0.1, 0.15) is 6.23 Å². The monoisotopic (exact) mass is 268 g/mol. The van der Waals surface area contributed by atoms with Crippen LogP contribution in [0.15, 0.2) is 0 Å². The Bertz CT molecular complexity index is 275. The van der Waals surface area contributed by atoms with Crippen LogP contribution in [0.2, 0.25) is 0 Å². The largest absolute Gasteiger partial charge is 0.360 e. The third-order valence-corrected chi connectivity index (χ3v) is 4.81. The van der Waals surface area contributed by atoms with Crippen LogP contribution >= 0.6 is 0 Å². The molecule has 2 atom stereocenters. The van der Waals surface area contributed by atoms with E-state index in [9.17, 15) is 0 Å². The molecule has 1 N–H and O–H groups in total. The first kappa shape index (κ1) is 13.8. The zero-order chi connectivity index (χ0) is 13.1. The van der Waals surface area contributed by atoms with Crippen molar-refractivity contribution < 1.29 is 4.74 Å². The van der Waals surface area contributed by atoms with Crippen LogP contribution in [0.1, 0.15) is 12.8 Å². The van der Waals surface area contributed by atoms with E-state index in [1.54, 1.807) is 0 Å². The van der Waals surface area contributed by atoms with E-state index >= 15 is 0 Å². The summed E-state index contributed by atoms with van der Waals surface area (Å²) in [5.41, 5.74) is 0. The molecule has 19 heavy (non-hydrogen) atoms. The summed E-state index contributed by atoms with van der Waals surface area (Å²) in [6, 6.07) is 0.729. The lowest BCUT2D eigenvalue weighted by molar-refractivity contribution is -0.129. The van der Waals surface area contributed by atoms with Gasteiger partial charge in [0.15, 0.2) is 0 Å². The molecule has 3 saturated heterocycles. The lowest BCUT2D eigenvalue weighted by atomic mass is 10.1. The maximum atomic E-state index is 6.02. The predicted molar refractivity (Wildman–Crippen MR) is 76.3 cm³/mol. The van der Waals surface area contributed by atoms with Crippen LogP contribution in [0.5, 0.6) is 0 Å². The molecule has 3 fully saturated rings. The van der Waals surface area contributed by atoms with E-state index in [0.717, 1.165) is 45.4 Å². The van der Waals surface area contributed by atoms with E-state index in [0.29, 0.717) is 6.23 Å². The summed E-state index contributed by atoms with van der Waals surface area (Å²) in [5.74, 6) is 0. The van der Waals surface area contributed by atoms with Gasteiger partial charge >= 0.3 is 0 Å². The van der Waals surface area contributed by atoms with Crippen molar-refractivity contribution in [1.29, 1.82) is 0 Å². The van der Waals surface area contributed by atoms with Gasteiger partial charge in [-0.1, -0.05) is 0 Å². The number of nitrogens with zero attached hydrogens (tertiary/aromatic N) is 3. The van der Waals surface area contributed by atoms with Crippen LogP contribution < -0.4 is 5.32 Å². The van der Waals surface area contributed by atoms with Gasteiger partial charge in [-0.3, -0.25) is 9.80 Å². The number of piperidine rings is 1. The Hall–Kier alpha value is -0.200. The number of piperazine rings is 1. The zero-order valence-corrected chi connectivity index (χ0v) is 12.2. The first-order chi connectivity index (χ1) is 9.33. The van der Waals surface area contributed by atoms with Crippen molar-refractivity contribution in [2.75, 3.05) is 66.0 Å². The lowest BCUT2D eigenvalue weighted by Crippen LogP contribution is -2.59. The smallest absolute Gasteiger partial charge is 0.123 e. The van der Waals surface area contributed by atoms with Crippen molar-refractivity contribution in [2.45, 2.75) is 25.1 Å². The summed E-state index contributed by atoms with van der Waals surface area (Å²) in [7, 11) is 2.21. The standard InChI is InChI=1S/C14H28N4O/c1-16-5-7-17(8-6-16)14-12-18(9-10-19-14)13-3-2-4-15-11-13/h13-15H,2-12H2,1H3. The van der Waals surface area contributed by atoms with Gasteiger partial charge in [-0.2, -0.15) is 0 Å². The molecule has 3 heterocycles. The average molecular weight is 268 g/mol. The molecule has 2 unspecified atom stereocenters. The summed E-state index contributed by atoms with van der Waals surface area (Å²) in [6.45, 7) is 10.1. The van der Waals surface area contributed by atoms with E-state index in [4.69, 9.17) is 4.74 Å². The van der Waals surface area contributed by atoms with Crippen LogP contribution in [0.3, 0.4) is 0 Å². The fourth-order valence-electron chi connectivity index (χ4n) is 3.46. The molecule has 5 nitrogen and oxygen atoms in total. The average Bonchev–Trinajstić information content (AvgIpc) is 2.49. The van der Waals surface area contributed by atoms with Crippen LogP contribution in [0, 0.1) is 0 Å². The van der Waals surface area contributed by atoms with Gasteiger partial charge in [-0.25, -0.2) is 0 Å². The van der Waals surface area contributed by atoms with Crippen molar-refractivity contribution >= 4 is 0 Å². The molecule has 110 valence electrons. The lowest BCUT2D eigenvalue weighted by Gasteiger charge is -2.45. The Balaban J connectivity index is 1.52. The van der Waals surface area contributed by atoms with E-state index in [1.807, 2.05) is 0 Å². The molecule has 0 aromatic heterocycles. The van der Waals surface area contributed by atoms with Crippen LogP contribution in [-0.4, -0.2) is 93.0 Å². The fraction of sp³-hybridized carbons (Fsp3) is 1.00. The normalized spacial score (nSPS) is 36.5. The summed E-state index contributed by atoms with van der Waals surface area (Å²) in [4.78, 5) is 7.59. The number of hydrogen-bond acceptors (Lipinski definition) is 5. The van der Waals surface area contributed by atoms with E-state index < -0.39 is 0 Å². The molecule has 0 saturated carbocycles. The van der Waals surface area contributed by atoms with Crippen molar-refractivity contribution in [3.8, 4) is 0 Å². The number of likely N-dealkylation sites (N-methyl/N-ethyl adjacent to an activating group) is 1. The van der Waals surface area contributed by atoms with Crippen LogP contribution in [0.25, 0.3) is 0 Å². The van der Waals surface area contributed by atoms with Gasteiger partial charge in [-0.05, 0) is 26.4 Å². The molecule has 0 amide bonds. The van der Waals surface area contributed by atoms with Crippen molar-refractivity contribution in [3.63, 3.8) is 0 Å². The van der Waals surface area contributed by atoms with Gasteiger partial charge in [0, 0.05) is 51.9 Å². The minimum atomic E-state index is 0.323. The highest BCUT2D eigenvalue weighted by Gasteiger charge is 2.31. The molecular weight excluding hydrogens is 240 g/mol. The second-order valence-corrected chi connectivity index (χ2v) is 6.16. The first-order valence-corrected chi connectivity index (χ1v) is 7.82. The maximum Gasteiger partial charge on any atom is 0.123 e. The first-order valence-electron chi connectivity index (χ1n) is 7.82. The summed E-state index contributed by atoms with van der Waals surface area (Å²) in [6.07, 6.45) is 2.99. The molecule has 0 aromatic carbocycles. The van der Waals surface area contributed by atoms with Gasteiger partial charge < -0.3 is 15.0 Å². The van der Waals surface area contributed by atoms with E-state index in [2.05, 4.69) is 27.1 Å². The minimum Gasteiger partial charge on any atom is -0.360 e. The maximum absolute atomic E-state index is 6.02. The Morgan fingerprint density at radius 1 is 1.05 bits per heavy atom. The van der Waals surface area contributed by atoms with Crippen molar-refractivity contribution in [3.05, 3.63) is 0 Å². The number of morpholine rings is 1. The van der Waals surface area contributed by atoms with Gasteiger partial charge in [0.25, 0.3) is 0 Å². The fourth-order valence-corrected chi connectivity index (χ4v) is 3.46. The van der Waals surface area contributed by atoms with E-state index in [1.165, 1.54) is 32.5 Å². The zero-order valence-electron chi connectivity index (χ0n) is 12.2. The molecule has 0 aliphatic carbocycles. The Labute approximate surface area is 116 Å². The SMILES string of the molecule is CN1CCN(C2CN(C3CCCNC3)CCO2)CC1. The molecule has 0 bridgehead atoms. The molecule has 0 radical (unpaired) electrons. The van der Waals surface area contributed by atoms with Crippen LogP contribution in [0.4, 0.5) is 0 Å². The molecule has 3 aliphatic rings. The third-order valence-electron chi connectivity index (χ3n) is 4.81. The molecule has 3 rings (SSSR count). The molecule has 3 aliphatic heterocycles. The molecule has 5 heteroatoms. The Morgan fingerprint density at radius 2 is 1.89 bits per heavy atom. The molecule has 0 spiro atoms. The number of rotatable bonds is 2. The summed E-state index contributed by atoms with van der Waals surface area (Å²) in [5, 5.41) is 3.53. The topological polar surface area (TPSA) is 31.0 Å². The predicted octanol–water partition coefficient (Wildman–Crippen LogP) is -0.356. The highest BCUT2D eigenvalue weighted by Crippen LogP contribution is 2.17.